The highest BCUT2D eigenvalue weighted by molar-refractivity contribution is 6.11. The molecule has 55 heavy (non-hydrogen) atoms. The lowest BCUT2D eigenvalue weighted by Crippen LogP contribution is -2.29. The van der Waals surface area contributed by atoms with Gasteiger partial charge in [0.15, 0.2) is 0 Å². The van der Waals surface area contributed by atoms with E-state index in [1.165, 1.54) is 128 Å². The molecular weight excluding hydrogens is 669 g/mol. The monoisotopic (exact) mass is 722 g/mol. The van der Waals surface area contributed by atoms with Gasteiger partial charge in [0.2, 0.25) is 0 Å². The highest BCUT2D eigenvalue weighted by Crippen LogP contribution is 2.56. The van der Waals surface area contributed by atoms with Gasteiger partial charge >= 0.3 is 0 Å². The molecule has 4 aromatic carbocycles. The maximum absolute atomic E-state index is 5.12. The number of hydrogen-bond donors (Lipinski definition) is 0. The molecule has 0 spiro atoms. The lowest BCUT2D eigenvalue weighted by atomic mass is 9.67. The summed E-state index contributed by atoms with van der Waals surface area (Å²) >= 11 is 0. The van der Waals surface area contributed by atoms with Gasteiger partial charge in [-0.15, -0.1) is 0 Å². The Balaban J connectivity index is 1.42. The fraction of sp³-hybridized carbons (Fsp3) is 0.333. The van der Waals surface area contributed by atoms with E-state index in [-0.39, 0.29) is 0 Å². The number of nitrogens with zero attached hydrogens (tertiary/aromatic N) is 4. The molecule has 0 bridgehead atoms. The second-order valence-corrected chi connectivity index (χ2v) is 15.8. The van der Waals surface area contributed by atoms with Crippen LogP contribution in [0.4, 0.5) is 0 Å². The van der Waals surface area contributed by atoms with E-state index in [0.29, 0.717) is 0 Å². The summed E-state index contributed by atoms with van der Waals surface area (Å²) in [6.07, 6.45) is 15.9. The van der Waals surface area contributed by atoms with Crippen LogP contribution in [0.15, 0.2) is 109 Å². The molecule has 8 aromatic rings. The van der Waals surface area contributed by atoms with E-state index in [0.717, 1.165) is 37.3 Å². The molecule has 0 saturated heterocycles. The van der Waals surface area contributed by atoms with Gasteiger partial charge in [-0.25, -0.2) is 0 Å². The fourth-order valence-corrected chi connectivity index (χ4v) is 10.2. The van der Waals surface area contributed by atoms with Crippen LogP contribution in [-0.4, -0.2) is 19.1 Å². The van der Waals surface area contributed by atoms with Gasteiger partial charge in [-0.3, -0.25) is 9.97 Å². The van der Waals surface area contributed by atoms with Crippen molar-refractivity contribution in [1.29, 1.82) is 0 Å². The van der Waals surface area contributed by atoms with Crippen LogP contribution < -0.4 is 0 Å². The maximum atomic E-state index is 5.12. The minimum Gasteiger partial charge on any atom is -0.341 e. The van der Waals surface area contributed by atoms with Crippen molar-refractivity contribution in [1.82, 2.24) is 19.1 Å². The Kier molecular flexibility index (Phi) is 9.54. The summed E-state index contributed by atoms with van der Waals surface area (Å²) in [4.78, 5) is 10.2. The molecule has 1 aliphatic carbocycles. The first kappa shape index (κ1) is 35.5. The molecule has 0 fully saturated rings. The molecule has 0 aliphatic heterocycles. The summed E-state index contributed by atoms with van der Waals surface area (Å²) in [5.41, 5.74) is 14.8. The summed E-state index contributed by atoms with van der Waals surface area (Å²) in [7, 11) is 0. The Labute approximate surface area is 326 Å². The van der Waals surface area contributed by atoms with E-state index in [1.807, 2.05) is 12.4 Å². The Morgan fingerprint density at radius 3 is 1.36 bits per heavy atom. The number of aryl methyl sites for hydroxylation is 4. The standard InChI is InChI=1S/C51H54N4/c1-5-9-11-13-21-35-31-37(33-41-39-23-15-17-27-45(39)54(7-3)49(35)41)51(43-25-19-29-52-47(43)48-44(51)26-20-30-53-48)38-32-36(22-14-12-10-6-2)50-42(34-38)40-24-16-18-28-46(40)55(50)8-4/h15-20,23-34H,5-14,21-22H2,1-4H3. The van der Waals surface area contributed by atoms with Crippen LogP contribution in [0.5, 0.6) is 0 Å². The van der Waals surface area contributed by atoms with Gasteiger partial charge < -0.3 is 9.13 Å². The van der Waals surface area contributed by atoms with Crippen molar-refractivity contribution in [3.05, 3.63) is 143 Å². The van der Waals surface area contributed by atoms with E-state index in [1.54, 1.807) is 0 Å². The van der Waals surface area contributed by atoms with E-state index >= 15 is 0 Å². The van der Waals surface area contributed by atoms with Gasteiger partial charge in [0, 0.05) is 58.1 Å². The number of hydrogen-bond acceptors (Lipinski definition) is 2. The van der Waals surface area contributed by atoms with Crippen molar-refractivity contribution in [2.75, 3.05) is 0 Å². The van der Waals surface area contributed by atoms with E-state index in [2.05, 4.69) is 134 Å². The number of fused-ring (bicyclic) bond motifs is 9. The second kappa shape index (κ2) is 14.8. The van der Waals surface area contributed by atoms with E-state index < -0.39 is 5.41 Å². The minimum atomic E-state index is -0.600. The number of para-hydroxylation sites is 2. The molecule has 0 amide bonds. The highest BCUT2D eigenvalue weighted by atomic mass is 15.0. The Morgan fingerprint density at radius 2 is 0.927 bits per heavy atom. The van der Waals surface area contributed by atoms with Gasteiger partial charge in [-0.1, -0.05) is 113 Å². The lowest BCUT2D eigenvalue weighted by molar-refractivity contribution is 0.664. The molecule has 0 unspecified atom stereocenters. The van der Waals surface area contributed by atoms with Crippen LogP contribution in [0.25, 0.3) is 55.0 Å². The summed E-state index contributed by atoms with van der Waals surface area (Å²) in [5, 5.41) is 5.37. The van der Waals surface area contributed by atoms with Crippen LogP contribution >= 0.6 is 0 Å². The zero-order valence-electron chi connectivity index (χ0n) is 33.2. The lowest BCUT2D eigenvalue weighted by Gasteiger charge is -2.34. The number of aromatic nitrogens is 4. The fourth-order valence-electron chi connectivity index (χ4n) is 10.2. The molecule has 4 heterocycles. The largest absolute Gasteiger partial charge is 0.341 e. The van der Waals surface area contributed by atoms with Gasteiger partial charge in [0.25, 0.3) is 0 Å². The number of unbranched alkanes of at least 4 members (excludes halogenated alkanes) is 6. The van der Waals surface area contributed by atoms with Crippen molar-refractivity contribution >= 4 is 43.6 Å². The van der Waals surface area contributed by atoms with Crippen LogP contribution in [0, 0.1) is 0 Å². The molecule has 4 aromatic heterocycles. The van der Waals surface area contributed by atoms with Gasteiger partial charge in [0.1, 0.15) is 0 Å². The number of rotatable bonds is 14. The van der Waals surface area contributed by atoms with Gasteiger partial charge in [0.05, 0.1) is 27.8 Å². The normalized spacial score (nSPS) is 13.4. The number of pyridine rings is 2. The summed E-state index contributed by atoms with van der Waals surface area (Å²) in [6, 6.07) is 37.4. The van der Waals surface area contributed by atoms with Crippen molar-refractivity contribution in [2.24, 2.45) is 0 Å². The first-order valence-electron chi connectivity index (χ1n) is 21.2. The van der Waals surface area contributed by atoms with Crippen molar-refractivity contribution in [3.8, 4) is 11.4 Å². The van der Waals surface area contributed by atoms with Crippen LogP contribution in [0.3, 0.4) is 0 Å². The van der Waals surface area contributed by atoms with E-state index in [9.17, 15) is 0 Å². The second-order valence-electron chi connectivity index (χ2n) is 15.8. The Morgan fingerprint density at radius 1 is 0.473 bits per heavy atom. The maximum Gasteiger partial charge on any atom is 0.0937 e. The van der Waals surface area contributed by atoms with Crippen molar-refractivity contribution in [2.45, 2.75) is 110 Å². The third-order valence-electron chi connectivity index (χ3n) is 12.6. The minimum absolute atomic E-state index is 0.600. The average molecular weight is 723 g/mol. The van der Waals surface area contributed by atoms with E-state index in [4.69, 9.17) is 9.97 Å². The predicted molar refractivity (Wildman–Crippen MR) is 232 cm³/mol. The third-order valence-corrected chi connectivity index (χ3v) is 12.6. The molecule has 1 aliphatic rings. The van der Waals surface area contributed by atoms with Crippen molar-refractivity contribution in [3.63, 3.8) is 0 Å². The molecule has 9 rings (SSSR count). The zero-order chi connectivity index (χ0) is 37.5. The summed E-state index contributed by atoms with van der Waals surface area (Å²) in [6.45, 7) is 11.1. The molecule has 4 nitrogen and oxygen atoms in total. The smallest absolute Gasteiger partial charge is 0.0937 e. The molecule has 4 heteroatoms. The predicted octanol–water partition coefficient (Wildman–Crippen LogP) is 13.3. The third kappa shape index (κ3) is 5.54. The average Bonchev–Trinajstić information content (AvgIpc) is 3.85. The number of benzene rings is 4. The molecule has 0 saturated carbocycles. The molecular formula is C51H54N4. The Bertz CT molecular complexity index is 2490. The van der Waals surface area contributed by atoms with Crippen LogP contribution in [0.1, 0.15) is 112 Å². The first-order chi connectivity index (χ1) is 27.1. The summed E-state index contributed by atoms with van der Waals surface area (Å²) < 4.78 is 5.13. The van der Waals surface area contributed by atoms with Gasteiger partial charge in [-0.2, -0.15) is 0 Å². The summed E-state index contributed by atoms with van der Waals surface area (Å²) in [5.74, 6) is 0. The highest BCUT2D eigenvalue weighted by Gasteiger charge is 2.48. The SMILES string of the molecule is CCCCCCc1cc(C2(c3cc(CCCCCC)c4c(c3)c3ccccc3n4CC)c3cccnc3-c3ncccc32)cc2c3ccccc3n(CC)c12. The van der Waals surface area contributed by atoms with Crippen LogP contribution in [0.2, 0.25) is 0 Å². The molecule has 0 radical (unpaired) electrons. The Hall–Kier alpha value is -5.22. The van der Waals surface area contributed by atoms with Crippen LogP contribution in [-0.2, 0) is 31.3 Å². The van der Waals surface area contributed by atoms with Gasteiger partial charge in [-0.05, 0) is 109 Å². The molecule has 0 atom stereocenters. The quantitative estimate of drug-likeness (QED) is 0.105. The van der Waals surface area contributed by atoms with Crippen molar-refractivity contribution < 1.29 is 0 Å². The first-order valence-corrected chi connectivity index (χ1v) is 21.2. The topological polar surface area (TPSA) is 35.6 Å². The molecule has 278 valence electrons. The molecule has 0 N–H and O–H groups in total. The zero-order valence-corrected chi connectivity index (χ0v) is 33.2.